The van der Waals surface area contributed by atoms with Crippen LogP contribution in [0, 0.1) is 17.8 Å². The van der Waals surface area contributed by atoms with E-state index in [2.05, 4.69) is 11.5 Å². The van der Waals surface area contributed by atoms with Gasteiger partial charge in [-0.2, -0.15) is 0 Å². The standard InChI is InChI=1S/C17H26N2S/c18-19-15(9-14-8-11-5-6-12(14)7-11)17-10-13-3-1-2-4-16(13)20-17/h10-12,14-15,19H,1-9,18H2. The van der Waals surface area contributed by atoms with Gasteiger partial charge in [-0.25, -0.2) is 0 Å². The van der Waals surface area contributed by atoms with Gasteiger partial charge in [-0.3, -0.25) is 11.3 Å². The van der Waals surface area contributed by atoms with Crippen molar-refractivity contribution < 1.29 is 0 Å². The van der Waals surface area contributed by atoms with Crippen LogP contribution in [0.4, 0.5) is 0 Å². The van der Waals surface area contributed by atoms with E-state index >= 15 is 0 Å². The Morgan fingerprint density at radius 1 is 1.25 bits per heavy atom. The second-order valence-electron chi connectivity index (χ2n) is 7.19. The molecule has 20 heavy (non-hydrogen) atoms. The molecule has 2 saturated carbocycles. The third kappa shape index (κ3) is 2.34. The van der Waals surface area contributed by atoms with Crippen LogP contribution in [-0.4, -0.2) is 0 Å². The molecule has 2 nitrogen and oxygen atoms in total. The first-order valence-corrected chi connectivity index (χ1v) is 9.22. The van der Waals surface area contributed by atoms with Crippen LogP contribution in [0.5, 0.6) is 0 Å². The van der Waals surface area contributed by atoms with Crippen LogP contribution in [-0.2, 0) is 12.8 Å². The molecule has 4 atom stereocenters. The molecule has 0 amide bonds. The van der Waals surface area contributed by atoms with E-state index in [1.807, 2.05) is 11.3 Å². The summed E-state index contributed by atoms with van der Waals surface area (Å²) in [4.78, 5) is 3.14. The Kier molecular flexibility index (Phi) is 3.61. The topological polar surface area (TPSA) is 38.0 Å². The first kappa shape index (κ1) is 13.3. The molecule has 0 spiro atoms. The van der Waals surface area contributed by atoms with Crippen LogP contribution in [0.3, 0.4) is 0 Å². The lowest BCUT2D eigenvalue weighted by atomic mass is 9.84. The van der Waals surface area contributed by atoms with Crippen LogP contribution < -0.4 is 11.3 Å². The predicted octanol–water partition coefficient (Wildman–Crippen LogP) is 3.96. The zero-order chi connectivity index (χ0) is 13.5. The van der Waals surface area contributed by atoms with Gasteiger partial charge in [0, 0.05) is 9.75 Å². The molecular weight excluding hydrogens is 264 g/mol. The van der Waals surface area contributed by atoms with Crippen molar-refractivity contribution in [3.63, 3.8) is 0 Å². The predicted molar refractivity (Wildman–Crippen MR) is 84.6 cm³/mol. The van der Waals surface area contributed by atoms with Crippen molar-refractivity contribution in [2.75, 3.05) is 0 Å². The second kappa shape index (κ2) is 5.43. The van der Waals surface area contributed by atoms with Crippen molar-refractivity contribution >= 4 is 11.3 Å². The average Bonchev–Trinajstić information content (AvgIpc) is 3.18. The zero-order valence-corrected chi connectivity index (χ0v) is 13.1. The highest BCUT2D eigenvalue weighted by molar-refractivity contribution is 7.12. The van der Waals surface area contributed by atoms with Gasteiger partial charge in [0.05, 0.1) is 6.04 Å². The SMILES string of the molecule is NNC(CC1CC2CCC1C2)c1cc2c(s1)CCCC2. The molecule has 3 N–H and O–H groups in total. The van der Waals surface area contributed by atoms with Crippen LogP contribution in [0.25, 0.3) is 0 Å². The van der Waals surface area contributed by atoms with Gasteiger partial charge < -0.3 is 0 Å². The van der Waals surface area contributed by atoms with E-state index in [9.17, 15) is 0 Å². The summed E-state index contributed by atoms with van der Waals surface area (Å²) in [5, 5.41) is 0. The molecule has 0 aromatic carbocycles. The van der Waals surface area contributed by atoms with E-state index in [0.717, 1.165) is 17.8 Å². The molecule has 2 bridgehead atoms. The number of aryl methyl sites for hydroxylation is 2. The van der Waals surface area contributed by atoms with Crippen molar-refractivity contribution in [2.45, 2.75) is 63.8 Å². The van der Waals surface area contributed by atoms with E-state index in [-0.39, 0.29) is 0 Å². The first-order chi connectivity index (χ1) is 9.83. The second-order valence-corrected chi connectivity index (χ2v) is 8.36. The normalized spacial score (nSPS) is 33.4. The summed E-state index contributed by atoms with van der Waals surface area (Å²) in [6.07, 6.45) is 12.5. The molecule has 4 rings (SSSR count). The molecule has 0 aliphatic heterocycles. The summed E-state index contributed by atoms with van der Waals surface area (Å²) in [6.45, 7) is 0. The average molecular weight is 290 g/mol. The number of nitrogens with one attached hydrogen (secondary N) is 1. The maximum Gasteiger partial charge on any atom is 0.0556 e. The largest absolute Gasteiger partial charge is 0.271 e. The molecule has 2 fully saturated rings. The van der Waals surface area contributed by atoms with Crippen LogP contribution in [0.2, 0.25) is 0 Å². The number of fused-ring (bicyclic) bond motifs is 3. The van der Waals surface area contributed by atoms with E-state index in [4.69, 9.17) is 5.84 Å². The van der Waals surface area contributed by atoms with Gasteiger partial charge in [-0.05, 0) is 80.8 Å². The molecule has 4 unspecified atom stereocenters. The van der Waals surface area contributed by atoms with E-state index < -0.39 is 0 Å². The molecule has 1 heterocycles. The molecule has 3 aliphatic rings. The Morgan fingerprint density at radius 2 is 2.15 bits per heavy atom. The Morgan fingerprint density at radius 3 is 2.85 bits per heavy atom. The maximum atomic E-state index is 5.90. The van der Waals surface area contributed by atoms with Gasteiger partial charge in [0.25, 0.3) is 0 Å². The Labute approximate surface area is 126 Å². The molecule has 110 valence electrons. The summed E-state index contributed by atoms with van der Waals surface area (Å²) < 4.78 is 0. The number of rotatable bonds is 4. The summed E-state index contributed by atoms with van der Waals surface area (Å²) in [5.41, 5.74) is 4.74. The van der Waals surface area contributed by atoms with Crippen LogP contribution in [0.1, 0.15) is 66.3 Å². The van der Waals surface area contributed by atoms with Gasteiger partial charge in [0.2, 0.25) is 0 Å². The summed E-state index contributed by atoms with van der Waals surface area (Å²) >= 11 is 2.03. The van der Waals surface area contributed by atoms with Gasteiger partial charge in [-0.15, -0.1) is 11.3 Å². The molecule has 3 aliphatic carbocycles. The Bertz CT molecular complexity index is 458. The highest BCUT2D eigenvalue weighted by Crippen LogP contribution is 2.51. The van der Waals surface area contributed by atoms with Crippen molar-refractivity contribution in [1.82, 2.24) is 5.43 Å². The summed E-state index contributed by atoms with van der Waals surface area (Å²) in [6, 6.07) is 2.85. The fourth-order valence-corrected chi connectivity index (χ4v) is 6.25. The molecule has 0 radical (unpaired) electrons. The Balaban J connectivity index is 1.48. The van der Waals surface area contributed by atoms with Gasteiger partial charge >= 0.3 is 0 Å². The number of hydrogen-bond acceptors (Lipinski definition) is 3. The van der Waals surface area contributed by atoms with Crippen molar-refractivity contribution in [2.24, 2.45) is 23.6 Å². The fourth-order valence-electron chi connectivity index (χ4n) is 4.92. The minimum absolute atomic E-state index is 0.398. The van der Waals surface area contributed by atoms with Gasteiger partial charge in [-0.1, -0.05) is 6.42 Å². The number of hydrazine groups is 1. The first-order valence-electron chi connectivity index (χ1n) is 8.41. The number of hydrogen-bond donors (Lipinski definition) is 2. The fraction of sp³-hybridized carbons (Fsp3) is 0.765. The lowest BCUT2D eigenvalue weighted by molar-refractivity contribution is 0.281. The van der Waals surface area contributed by atoms with Gasteiger partial charge in [0.15, 0.2) is 0 Å². The number of nitrogens with two attached hydrogens (primary N) is 1. The van der Waals surface area contributed by atoms with Crippen molar-refractivity contribution in [3.8, 4) is 0 Å². The van der Waals surface area contributed by atoms with E-state index in [1.54, 1.807) is 10.4 Å². The maximum absolute atomic E-state index is 5.90. The minimum Gasteiger partial charge on any atom is -0.271 e. The lowest BCUT2D eigenvalue weighted by Gasteiger charge is -2.25. The summed E-state index contributed by atoms with van der Waals surface area (Å²) in [5.74, 6) is 8.87. The molecular formula is C17H26N2S. The molecule has 3 heteroatoms. The van der Waals surface area contributed by atoms with E-state index in [1.165, 1.54) is 62.7 Å². The van der Waals surface area contributed by atoms with Crippen LogP contribution in [0.15, 0.2) is 6.07 Å². The third-order valence-electron chi connectivity index (χ3n) is 5.98. The summed E-state index contributed by atoms with van der Waals surface area (Å²) in [7, 11) is 0. The van der Waals surface area contributed by atoms with Crippen molar-refractivity contribution in [1.29, 1.82) is 0 Å². The smallest absolute Gasteiger partial charge is 0.0556 e. The highest BCUT2D eigenvalue weighted by Gasteiger charge is 2.40. The monoisotopic (exact) mass is 290 g/mol. The highest BCUT2D eigenvalue weighted by atomic mass is 32.1. The van der Waals surface area contributed by atoms with Crippen LogP contribution >= 0.6 is 11.3 Å². The molecule has 1 aromatic heterocycles. The van der Waals surface area contributed by atoms with Crippen molar-refractivity contribution in [3.05, 3.63) is 21.4 Å². The third-order valence-corrected chi connectivity index (χ3v) is 7.33. The number of thiophene rings is 1. The molecule has 1 aromatic rings. The lowest BCUT2D eigenvalue weighted by Crippen LogP contribution is -2.30. The zero-order valence-electron chi connectivity index (χ0n) is 12.2. The Hall–Kier alpha value is -0.380. The minimum atomic E-state index is 0.398. The van der Waals surface area contributed by atoms with E-state index in [0.29, 0.717) is 6.04 Å². The van der Waals surface area contributed by atoms with Gasteiger partial charge in [0.1, 0.15) is 0 Å². The molecule has 0 saturated heterocycles. The quantitative estimate of drug-likeness (QED) is 0.651.